The molecule has 3 nitrogen and oxygen atoms in total. The van der Waals surface area contributed by atoms with E-state index in [0.29, 0.717) is 6.04 Å². The van der Waals surface area contributed by atoms with Crippen LogP contribution in [0.2, 0.25) is 0 Å². The van der Waals surface area contributed by atoms with E-state index < -0.39 is 0 Å². The topological polar surface area (TPSA) is 24.5 Å². The van der Waals surface area contributed by atoms with Crippen molar-refractivity contribution in [3.05, 3.63) is 30.3 Å². The van der Waals surface area contributed by atoms with Crippen LogP contribution in [0.4, 0.5) is 0 Å². The van der Waals surface area contributed by atoms with Gasteiger partial charge < -0.3 is 10.1 Å². The molecule has 0 amide bonds. The van der Waals surface area contributed by atoms with Crippen molar-refractivity contribution in [2.45, 2.75) is 18.9 Å². The first kappa shape index (κ1) is 12.4. The molecule has 0 bridgehead atoms. The van der Waals surface area contributed by atoms with Gasteiger partial charge in [-0.1, -0.05) is 18.2 Å². The average molecular weight is 234 g/mol. The van der Waals surface area contributed by atoms with Crippen LogP contribution in [-0.2, 0) is 0 Å². The average Bonchev–Trinajstić information content (AvgIpc) is 2.41. The first-order valence-corrected chi connectivity index (χ1v) is 6.45. The predicted octanol–water partition coefficient (Wildman–Crippen LogP) is 1.75. The SMILES string of the molecule is CN(CCOc1ccccc1)C1CCCNC1. The summed E-state index contributed by atoms with van der Waals surface area (Å²) in [5.74, 6) is 0.961. The molecular weight excluding hydrogens is 212 g/mol. The second kappa shape index (κ2) is 6.62. The predicted molar refractivity (Wildman–Crippen MR) is 70.5 cm³/mol. The minimum atomic E-state index is 0.670. The van der Waals surface area contributed by atoms with Crippen LogP contribution in [0, 0.1) is 0 Å². The monoisotopic (exact) mass is 234 g/mol. The molecular formula is C14H22N2O. The quantitative estimate of drug-likeness (QED) is 0.840. The van der Waals surface area contributed by atoms with Gasteiger partial charge in [-0.25, -0.2) is 0 Å². The van der Waals surface area contributed by atoms with Crippen molar-refractivity contribution in [3.8, 4) is 5.75 Å². The van der Waals surface area contributed by atoms with Crippen LogP contribution in [0.25, 0.3) is 0 Å². The van der Waals surface area contributed by atoms with Gasteiger partial charge in [-0.05, 0) is 38.6 Å². The fraction of sp³-hybridized carbons (Fsp3) is 0.571. The molecule has 1 saturated heterocycles. The van der Waals surface area contributed by atoms with E-state index >= 15 is 0 Å². The van der Waals surface area contributed by atoms with E-state index in [2.05, 4.69) is 17.3 Å². The van der Waals surface area contributed by atoms with Crippen molar-refractivity contribution in [3.63, 3.8) is 0 Å². The smallest absolute Gasteiger partial charge is 0.119 e. The molecule has 1 aromatic rings. The minimum Gasteiger partial charge on any atom is -0.492 e. The summed E-state index contributed by atoms with van der Waals surface area (Å²) in [6, 6.07) is 10.7. The van der Waals surface area contributed by atoms with Crippen LogP contribution >= 0.6 is 0 Å². The van der Waals surface area contributed by atoms with Crippen LogP contribution in [0.15, 0.2) is 30.3 Å². The lowest BCUT2D eigenvalue weighted by molar-refractivity contribution is 0.168. The number of ether oxygens (including phenoxy) is 1. The number of benzene rings is 1. The second-order valence-electron chi connectivity index (χ2n) is 4.64. The summed E-state index contributed by atoms with van der Waals surface area (Å²) in [6.45, 7) is 4.03. The first-order chi connectivity index (χ1) is 8.36. The highest BCUT2D eigenvalue weighted by atomic mass is 16.5. The summed E-state index contributed by atoms with van der Waals surface area (Å²) in [6.07, 6.45) is 2.59. The molecule has 1 fully saturated rings. The number of hydrogen-bond acceptors (Lipinski definition) is 3. The van der Waals surface area contributed by atoms with Gasteiger partial charge in [0.15, 0.2) is 0 Å². The number of likely N-dealkylation sites (N-methyl/N-ethyl adjacent to an activating group) is 1. The molecule has 1 atom stereocenters. The van der Waals surface area contributed by atoms with Gasteiger partial charge in [-0.15, -0.1) is 0 Å². The molecule has 17 heavy (non-hydrogen) atoms. The summed E-state index contributed by atoms with van der Waals surface area (Å²) >= 11 is 0. The largest absolute Gasteiger partial charge is 0.492 e. The molecule has 1 heterocycles. The third-order valence-corrected chi connectivity index (χ3v) is 3.35. The van der Waals surface area contributed by atoms with Crippen LogP contribution < -0.4 is 10.1 Å². The lowest BCUT2D eigenvalue weighted by atomic mass is 10.1. The second-order valence-corrected chi connectivity index (χ2v) is 4.64. The van der Waals surface area contributed by atoms with Crippen molar-refractivity contribution in [2.75, 3.05) is 33.3 Å². The third kappa shape index (κ3) is 4.02. The van der Waals surface area contributed by atoms with E-state index in [4.69, 9.17) is 4.74 Å². The molecule has 1 aliphatic heterocycles. The molecule has 1 aromatic carbocycles. The highest BCUT2D eigenvalue weighted by Crippen LogP contribution is 2.10. The summed E-state index contributed by atoms with van der Waals surface area (Å²) in [5, 5.41) is 3.44. The Labute approximate surface area is 104 Å². The van der Waals surface area contributed by atoms with Crippen molar-refractivity contribution in [2.24, 2.45) is 0 Å². The van der Waals surface area contributed by atoms with Gasteiger partial charge in [0.05, 0.1) is 0 Å². The number of hydrogen-bond donors (Lipinski definition) is 1. The van der Waals surface area contributed by atoms with Gasteiger partial charge in [0.25, 0.3) is 0 Å². The number of para-hydroxylation sites is 1. The summed E-state index contributed by atoms with van der Waals surface area (Å²) in [4.78, 5) is 2.40. The van der Waals surface area contributed by atoms with E-state index in [0.717, 1.165) is 25.4 Å². The molecule has 3 heteroatoms. The van der Waals surface area contributed by atoms with Crippen molar-refractivity contribution in [1.29, 1.82) is 0 Å². The molecule has 1 N–H and O–H groups in total. The zero-order valence-corrected chi connectivity index (χ0v) is 10.6. The maximum Gasteiger partial charge on any atom is 0.119 e. The van der Waals surface area contributed by atoms with Crippen molar-refractivity contribution >= 4 is 0 Å². The lowest BCUT2D eigenvalue weighted by Crippen LogP contribution is -2.45. The Morgan fingerprint density at radius 1 is 1.35 bits per heavy atom. The van der Waals surface area contributed by atoms with Crippen LogP contribution in [0.5, 0.6) is 5.75 Å². The van der Waals surface area contributed by atoms with Gasteiger partial charge in [0.2, 0.25) is 0 Å². The van der Waals surface area contributed by atoms with Gasteiger partial charge in [-0.2, -0.15) is 0 Å². The molecule has 0 spiro atoms. The van der Waals surface area contributed by atoms with Crippen LogP contribution in [0.1, 0.15) is 12.8 Å². The molecule has 0 radical (unpaired) electrons. The van der Waals surface area contributed by atoms with Gasteiger partial charge in [0.1, 0.15) is 12.4 Å². The summed E-state index contributed by atoms with van der Waals surface area (Å²) in [7, 11) is 2.19. The fourth-order valence-corrected chi connectivity index (χ4v) is 2.22. The molecule has 0 saturated carbocycles. The highest BCUT2D eigenvalue weighted by Gasteiger charge is 2.16. The minimum absolute atomic E-state index is 0.670. The maximum atomic E-state index is 5.71. The number of nitrogens with zero attached hydrogens (tertiary/aromatic N) is 1. The Balaban J connectivity index is 1.67. The zero-order chi connectivity index (χ0) is 11.9. The highest BCUT2D eigenvalue weighted by molar-refractivity contribution is 5.20. The van der Waals surface area contributed by atoms with Gasteiger partial charge >= 0.3 is 0 Å². The third-order valence-electron chi connectivity index (χ3n) is 3.35. The molecule has 1 unspecified atom stereocenters. The zero-order valence-electron chi connectivity index (χ0n) is 10.6. The molecule has 2 rings (SSSR count). The number of nitrogens with one attached hydrogen (secondary N) is 1. The van der Waals surface area contributed by atoms with E-state index in [1.165, 1.54) is 19.4 Å². The van der Waals surface area contributed by atoms with Gasteiger partial charge in [-0.3, -0.25) is 4.90 Å². The molecule has 0 aliphatic carbocycles. The fourth-order valence-electron chi connectivity index (χ4n) is 2.22. The number of rotatable bonds is 5. The van der Waals surface area contributed by atoms with Crippen LogP contribution in [-0.4, -0.2) is 44.2 Å². The standard InChI is InChI=1S/C14H22N2O/c1-16(13-6-5-9-15-12-13)10-11-17-14-7-3-2-4-8-14/h2-4,7-8,13,15H,5-6,9-12H2,1H3. The van der Waals surface area contributed by atoms with Gasteiger partial charge in [0, 0.05) is 19.1 Å². The summed E-state index contributed by atoms with van der Waals surface area (Å²) in [5.41, 5.74) is 0. The maximum absolute atomic E-state index is 5.71. The Kier molecular flexibility index (Phi) is 4.83. The van der Waals surface area contributed by atoms with E-state index in [1.807, 2.05) is 30.3 Å². The normalized spacial score (nSPS) is 20.5. The Bertz CT molecular complexity index is 309. The molecule has 1 aliphatic rings. The van der Waals surface area contributed by atoms with Crippen LogP contribution in [0.3, 0.4) is 0 Å². The van der Waals surface area contributed by atoms with E-state index in [1.54, 1.807) is 0 Å². The van der Waals surface area contributed by atoms with Crippen molar-refractivity contribution in [1.82, 2.24) is 10.2 Å². The summed E-state index contributed by atoms with van der Waals surface area (Å²) < 4.78 is 5.71. The first-order valence-electron chi connectivity index (χ1n) is 6.45. The molecule has 94 valence electrons. The Morgan fingerprint density at radius 3 is 2.88 bits per heavy atom. The number of piperidine rings is 1. The lowest BCUT2D eigenvalue weighted by Gasteiger charge is -2.31. The van der Waals surface area contributed by atoms with E-state index in [-0.39, 0.29) is 0 Å². The Morgan fingerprint density at radius 2 is 2.18 bits per heavy atom. The Hall–Kier alpha value is -1.06. The molecule has 0 aromatic heterocycles. The van der Waals surface area contributed by atoms with E-state index in [9.17, 15) is 0 Å². The van der Waals surface area contributed by atoms with Crippen molar-refractivity contribution < 1.29 is 4.74 Å².